The van der Waals surface area contributed by atoms with Crippen LogP contribution in [0.3, 0.4) is 0 Å². The van der Waals surface area contributed by atoms with Crippen LogP contribution in [0.4, 0.5) is 10.5 Å². The lowest BCUT2D eigenvalue weighted by Crippen LogP contribution is -2.32. The van der Waals surface area contributed by atoms with Gasteiger partial charge in [0.2, 0.25) is 0 Å². The molecule has 3 rings (SSSR count). The minimum Gasteiger partial charge on any atom is -0.508 e. The maximum atomic E-state index is 11.2. The summed E-state index contributed by atoms with van der Waals surface area (Å²) in [6.07, 6.45) is 3.66. The predicted molar refractivity (Wildman–Crippen MR) is 91.7 cm³/mol. The predicted octanol–water partition coefficient (Wildman–Crippen LogP) is 4.44. The van der Waals surface area contributed by atoms with Crippen molar-refractivity contribution < 1.29 is 20.1 Å². The lowest BCUT2D eigenvalue weighted by atomic mass is 9.64. The first kappa shape index (κ1) is 16.2. The smallest absolute Gasteiger partial charge is 0.409 e. The number of carbonyl (C=O) groups is 1. The first-order valence-electron chi connectivity index (χ1n) is 8.15. The zero-order valence-corrected chi connectivity index (χ0v) is 13.3. The molecule has 1 aliphatic carbocycles. The monoisotopic (exact) mass is 327 g/mol. The number of phenolic OH excluding ortho intramolecular Hbond substituents is 2. The van der Waals surface area contributed by atoms with Gasteiger partial charge < -0.3 is 15.3 Å². The fourth-order valence-corrected chi connectivity index (χ4v) is 3.89. The highest BCUT2D eigenvalue weighted by atomic mass is 16.4. The van der Waals surface area contributed by atoms with E-state index < -0.39 is 11.5 Å². The summed E-state index contributed by atoms with van der Waals surface area (Å²) in [4.78, 5) is 11.2. The summed E-state index contributed by atoms with van der Waals surface area (Å²) < 4.78 is 0. The van der Waals surface area contributed by atoms with Gasteiger partial charge in [-0.3, -0.25) is 5.32 Å². The van der Waals surface area contributed by atoms with Crippen LogP contribution in [0.5, 0.6) is 11.5 Å². The Morgan fingerprint density at radius 3 is 2.33 bits per heavy atom. The molecule has 126 valence electrons. The number of anilines is 1. The minimum atomic E-state index is -1.11. The van der Waals surface area contributed by atoms with Gasteiger partial charge in [0.1, 0.15) is 11.5 Å². The summed E-state index contributed by atoms with van der Waals surface area (Å²) >= 11 is 0. The molecule has 1 amide bonds. The number of amides is 1. The van der Waals surface area contributed by atoms with Crippen LogP contribution in [0, 0.1) is 0 Å². The lowest BCUT2D eigenvalue weighted by Gasteiger charge is -2.40. The molecule has 5 nitrogen and oxygen atoms in total. The molecule has 0 unspecified atom stereocenters. The van der Waals surface area contributed by atoms with Crippen molar-refractivity contribution in [1.29, 1.82) is 0 Å². The van der Waals surface area contributed by atoms with Crippen molar-refractivity contribution in [1.82, 2.24) is 0 Å². The Balaban J connectivity index is 2.19. The van der Waals surface area contributed by atoms with Crippen LogP contribution in [0.25, 0.3) is 0 Å². The number of hydrogen-bond acceptors (Lipinski definition) is 3. The average molecular weight is 327 g/mol. The van der Waals surface area contributed by atoms with Crippen molar-refractivity contribution in [2.75, 3.05) is 5.32 Å². The molecule has 0 bridgehead atoms. The Labute approximate surface area is 140 Å². The molecule has 0 heterocycles. The van der Waals surface area contributed by atoms with E-state index in [1.54, 1.807) is 24.3 Å². The third-order valence-electron chi connectivity index (χ3n) is 4.89. The largest absolute Gasteiger partial charge is 0.508 e. The summed E-state index contributed by atoms with van der Waals surface area (Å²) in [6.45, 7) is 0. The molecule has 1 fully saturated rings. The van der Waals surface area contributed by atoms with Crippen molar-refractivity contribution in [3.05, 3.63) is 53.6 Å². The van der Waals surface area contributed by atoms with Crippen molar-refractivity contribution in [2.45, 2.75) is 37.5 Å². The SMILES string of the molecule is O=C(O)Nc1ccccc1C1(c2ccc(O)cc2O)CCCCC1. The Kier molecular flexibility index (Phi) is 4.34. The van der Waals surface area contributed by atoms with E-state index in [1.165, 1.54) is 6.07 Å². The van der Waals surface area contributed by atoms with E-state index >= 15 is 0 Å². The number of para-hydroxylation sites is 1. The maximum Gasteiger partial charge on any atom is 0.409 e. The number of nitrogens with one attached hydrogen (secondary N) is 1. The third kappa shape index (κ3) is 2.89. The molecule has 1 aliphatic rings. The molecular formula is C19H21NO4. The molecule has 2 aromatic rings. The van der Waals surface area contributed by atoms with Gasteiger partial charge in [0.05, 0.1) is 0 Å². The van der Waals surface area contributed by atoms with E-state index in [2.05, 4.69) is 5.32 Å². The third-order valence-corrected chi connectivity index (χ3v) is 4.89. The number of phenols is 2. The van der Waals surface area contributed by atoms with Gasteiger partial charge in [0, 0.05) is 22.7 Å². The normalized spacial score (nSPS) is 16.5. The molecular weight excluding hydrogens is 306 g/mol. The second-order valence-corrected chi connectivity index (χ2v) is 6.32. The van der Waals surface area contributed by atoms with Gasteiger partial charge in [0.15, 0.2) is 0 Å². The zero-order chi connectivity index (χ0) is 17.2. The molecule has 1 saturated carbocycles. The van der Waals surface area contributed by atoms with Crippen LogP contribution in [0.1, 0.15) is 43.2 Å². The molecule has 24 heavy (non-hydrogen) atoms. The topological polar surface area (TPSA) is 89.8 Å². The fourth-order valence-electron chi connectivity index (χ4n) is 3.89. The maximum absolute atomic E-state index is 11.2. The van der Waals surface area contributed by atoms with Crippen LogP contribution in [-0.4, -0.2) is 21.4 Å². The highest BCUT2D eigenvalue weighted by molar-refractivity contribution is 5.84. The number of hydrogen-bond donors (Lipinski definition) is 4. The molecule has 0 spiro atoms. The summed E-state index contributed by atoms with van der Waals surface area (Å²) in [7, 11) is 0. The van der Waals surface area contributed by atoms with Crippen LogP contribution < -0.4 is 5.32 Å². The number of benzene rings is 2. The molecule has 0 saturated heterocycles. The Morgan fingerprint density at radius 2 is 1.67 bits per heavy atom. The van der Waals surface area contributed by atoms with Gasteiger partial charge in [-0.15, -0.1) is 0 Å². The van der Waals surface area contributed by atoms with Crippen LogP contribution >= 0.6 is 0 Å². The number of rotatable bonds is 3. The summed E-state index contributed by atoms with van der Waals surface area (Å²) in [5.41, 5.74) is 1.68. The van der Waals surface area contributed by atoms with Crippen LogP contribution in [0.15, 0.2) is 42.5 Å². The van der Waals surface area contributed by atoms with Crippen molar-refractivity contribution in [3.8, 4) is 11.5 Å². The number of carboxylic acid groups (broad SMARTS) is 1. The lowest BCUT2D eigenvalue weighted by molar-refractivity contribution is 0.209. The Hall–Kier alpha value is -2.69. The van der Waals surface area contributed by atoms with Crippen molar-refractivity contribution in [2.24, 2.45) is 0 Å². The molecule has 5 heteroatoms. The van der Waals surface area contributed by atoms with E-state index in [0.717, 1.165) is 43.2 Å². The highest BCUT2D eigenvalue weighted by Crippen LogP contribution is 2.50. The molecule has 0 aromatic heterocycles. The molecule has 2 aromatic carbocycles. The van der Waals surface area contributed by atoms with Crippen molar-refractivity contribution in [3.63, 3.8) is 0 Å². The standard InChI is InChI=1S/C19H21NO4/c21-13-8-9-15(17(22)12-13)19(10-4-1-5-11-19)14-6-2-3-7-16(14)20-18(23)24/h2-3,6-9,12,20-22H,1,4-5,10-11H2,(H,23,24). The second-order valence-electron chi connectivity index (χ2n) is 6.32. The van der Waals surface area contributed by atoms with E-state index in [9.17, 15) is 15.0 Å². The molecule has 0 atom stereocenters. The summed E-state index contributed by atoms with van der Waals surface area (Å²) in [5.74, 6) is 0.0567. The van der Waals surface area contributed by atoms with Gasteiger partial charge in [0.25, 0.3) is 0 Å². The van der Waals surface area contributed by atoms with Gasteiger partial charge in [-0.05, 0) is 30.5 Å². The Bertz CT molecular complexity index is 751. The Morgan fingerprint density at radius 1 is 0.958 bits per heavy atom. The quantitative estimate of drug-likeness (QED) is 0.671. The van der Waals surface area contributed by atoms with Crippen LogP contribution in [0.2, 0.25) is 0 Å². The summed E-state index contributed by atoms with van der Waals surface area (Å²) in [6, 6.07) is 12.0. The van der Waals surface area contributed by atoms with Gasteiger partial charge in [-0.1, -0.05) is 43.5 Å². The minimum absolute atomic E-state index is 0.0131. The van der Waals surface area contributed by atoms with Gasteiger partial charge in [-0.2, -0.15) is 0 Å². The van der Waals surface area contributed by atoms with E-state index in [-0.39, 0.29) is 11.5 Å². The fraction of sp³-hybridized carbons (Fsp3) is 0.316. The van der Waals surface area contributed by atoms with E-state index in [4.69, 9.17) is 5.11 Å². The first-order valence-corrected chi connectivity index (χ1v) is 8.15. The summed E-state index contributed by atoms with van der Waals surface area (Å²) in [5, 5.41) is 31.7. The van der Waals surface area contributed by atoms with Gasteiger partial charge >= 0.3 is 6.09 Å². The molecule has 0 aliphatic heterocycles. The van der Waals surface area contributed by atoms with E-state index in [0.29, 0.717) is 5.69 Å². The van der Waals surface area contributed by atoms with Crippen molar-refractivity contribution >= 4 is 11.8 Å². The molecule has 0 radical (unpaired) electrons. The second kappa shape index (κ2) is 6.43. The average Bonchev–Trinajstić information content (AvgIpc) is 2.55. The molecule has 4 N–H and O–H groups in total. The first-order chi connectivity index (χ1) is 11.5. The van der Waals surface area contributed by atoms with E-state index in [1.807, 2.05) is 12.1 Å². The highest BCUT2D eigenvalue weighted by Gasteiger charge is 2.39. The number of aromatic hydroxyl groups is 2. The van der Waals surface area contributed by atoms with Gasteiger partial charge in [-0.25, -0.2) is 4.79 Å². The van der Waals surface area contributed by atoms with Crippen LogP contribution in [-0.2, 0) is 5.41 Å². The zero-order valence-electron chi connectivity index (χ0n) is 13.3.